The van der Waals surface area contributed by atoms with Crippen molar-refractivity contribution in [3.05, 3.63) is 50.6 Å². The first-order chi connectivity index (χ1) is 10.2. The first-order valence-corrected chi connectivity index (χ1v) is 8.24. The number of halogens is 1. The van der Waals surface area contributed by atoms with E-state index in [0.717, 1.165) is 28.3 Å². The average molecular weight is 368 g/mol. The topological polar surface area (TPSA) is 45.7 Å². The number of benzene rings is 1. The van der Waals surface area contributed by atoms with Gasteiger partial charge in [-0.3, -0.25) is 4.99 Å². The molecule has 112 valence electrons. The number of nitrogens with zero attached hydrogens (tertiary/aromatic N) is 1. The molecule has 0 aliphatic rings. The molecule has 0 aliphatic carbocycles. The summed E-state index contributed by atoms with van der Waals surface area (Å²) in [7, 11) is 3.43. The van der Waals surface area contributed by atoms with E-state index in [0.29, 0.717) is 6.54 Å². The molecule has 1 aromatic heterocycles. The molecule has 0 saturated carbocycles. The number of guanidine groups is 1. The molecule has 0 fully saturated rings. The second-order valence-corrected chi connectivity index (χ2v) is 6.01. The van der Waals surface area contributed by atoms with Crippen LogP contribution in [0.25, 0.3) is 0 Å². The van der Waals surface area contributed by atoms with Crippen LogP contribution in [-0.2, 0) is 13.1 Å². The molecule has 0 spiro atoms. The van der Waals surface area contributed by atoms with Gasteiger partial charge in [-0.25, -0.2) is 0 Å². The third-order valence-electron chi connectivity index (χ3n) is 2.94. The van der Waals surface area contributed by atoms with Crippen LogP contribution in [0, 0.1) is 0 Å². The summed E-state index contributed by atoms with van der Waals surface area (Å²) in [5, 5.41) is 10.8. The van der Waals surface area contributed by atoms with E-state index in [1.807, 2.05) is 18.2 Å². The lowest BCUT2D eigenvalue weighted by Crippen LogP contribution is -2.36. The smallest absolute Gasteiger partial charge is 0.191 e. The molecule has 4 nitrogen and oxygen atoms in total. The van der Waals surface area contributed by atoms with Gasteiger partial charge >= 0.3 is 0 Å². The second kappa shape index (κ2) is 8.05. The SMILES string of the molecule is CN=C(NCc1ccsc1)NCc1ccc(OC)c(Br)c1. The van der Waals surface area contributed by atoms with Gasteiger partial charge in [0.25, 0.3) is 0 Å². The Morgan fingerprint density at radius 2 is 2.00 bits per heavy atom. The van der Waals surface area contributed by atoms with E-state index in [4.69, 9.17) is 4.74 Å². The fraction of sp³-hybridized carbons (Fsp3) is 0.267. The zero-order valence-electron chi connectivity index (χ0n) is 12.0. The van der Waals surface area contributed by atoms with E-state index >= 15 is 0 Å². The van der Waals surface area contributed by atoms with Gasteiger partial charge in [-0.05, 0) is 56.0 Å². The van der Waals surface area contributed by atoms with Crippen LogP contribution in [0.4, 0.5) is 0 Å². The Labute approximate surface area is 137 Å². The van der Waals surface area contributed by atoms with E-state index in [2.05, 4.69) is 48.4 Å². The van der Waals surface area contributed by atoms with Crippen molar-refractivity contribution in [1.29, 1.82) is 0 Å². The number of nitrogens with one attached hydrogen (secondary N) is 2. The molecule has 0 saturated heterocycles. The van der Waals surface area contributed by atoms with Gasteiger partial charge in [-0.1, -0.05) is 6.07 Å². The Morgan fingerprint density at radius 3 is 2.57 bits per heavy atom. The maximum Gasteiger partial charge on any atom is 0.191 e. The second-order valence-electron chi connectivity index (χ2n) is 4.38. The van der Waals surface area contributed by atoms with Crippen molar-refractivity contribution in [2.45, 2.75) is 13.1 Å². The quantitative estimate of drug-likeness (QED) is 0.628. The third kappa shape index (κ3) is 4.75. The lowest BCUT2D eigenvalue weighted by molar-refractivity contribution is 0.412. The molecule has 0 atom stereocenters. The summed E-state index contributed by atoms with van der Waals surface area (Å²) in [6, 6.07) is 8.12. The molecule has 2 N–H and O–H groups in total. The molecule has 1 heterocycles. The molecule has 1 aromatic carbocycles. The summed E-state index contributed by atoms with van der Waals surface area (Å²) in [6.07, 6.45) is 0. The van der Waals surface area contributed by atoms with E-state index in [-0.39, 0.29) is 0 Å². The Balaban J connectivity index is 1.86. The lowest BCUT2D eigenvalue weighted by atomic mass is 10.2. The van der Waals surface area contributed by atoms with Crippen molar-refractivity contribution in [2.24, 2.45) is 4.99 Å². The largest absolute Gasteiger partial charge is 0.496 e. The molecule has 0 amide bonds. The van der Waals surface area contributed by atoms with Gasteiger partial charge < -0.3 is 15.4 Å². The summed E-state index contributed by atoms with van der Waals surface area (Å²) >= 11 is 5.19. The number of hydrogen-bond acceptors (Lipinski definition) is 3. The van der Waals surface area contributed by atoms with Gasteiger partial charge in [0.1, 0.15) is 5.75 Å². The standard InChI is InChI=1S/C15H18BrN3OS/c1-17-15(19-9-12-5-6-21-10-12)18-8-11-3-4-14(20-2)13(16)7-11/h3-7,10H,8-9H2,1-2H3,(H2,17,18,19). The molecule has 21 heavy (non-hydrogen) atoms. The number of thiophene rings is 1. The van der Waals surface area contributed by atoms with Crippen LogP contribution in [0.3, 0.4) is 0 Å². The van der Waals surface area contributed by atoms with Crippen molar-refractivity contribution in [2.75, 3.05) is 14.2 Å². The predicted molar refractivity (Wildman–Crippen MR) is 92.1 cm³/mol. The number of hydrogen-bond donors (Lipinski definition) is 2. The highest BCUT2D eigenvalue weighted by Gasteiger charge is 2.03. The highest BCUT2D eigenvalue weighted by Crippen LogP contribution is 2.25. The van der Waals surface area contributed by atoms with Gasteiger partial charge in [-0.2, -0.15) is 11.3 Å². The van der Waals surface area contributed by atoms with Crippen LogP contribution >= 0.6 is 27.3 Å². The van der Waals surface area contributed by atoms with Crippen LogP contribution in [0.5, 0.6) is 5.75 Å². The molecule has 6 heteroatoms. The number of rotatable bonds is 5. The Hall–Kier alpha value is -1.53. The Kier molecular flexibility index (Phi) is 6.07. The minimum absolute atomic E-state index is 0.700. The van der Waals surface area contributed by atoms with Gasteiger partial charge in [0, 0.05) is 20.1 Å². The highest BCUT2D eigenvalue weighted by atomic mass is 79.9. The maximum atomic E-state index is 5.22. The fourth-order valence-corrected chi connectivity index (χ4v) is 3.06. The lowest BCUT2D eigenvalue weighted by Gasteiger charge is -2.12. The van der Waals surface area contributed by atoms with Crippen molar-refractivity contribution in [3.8, 4) is 5.75 Å². The molecular weight excluding hydrogens is 350 g/mol. The van der Waals surface area contributed by atoms with Crippen LogP contribution < -0.4 is 15.4 Å². The third-order valence-corrected chi connectivity index (χ3v) is 4.29. The normalized spacial score (nSPS) is 11.3. The molecule has 2 aromatic rings. The predicted octanol–water partition coefficient (Wildman–Crippen LogP) is 3.38. The summed E-state index contributed by atoms with van der Waals surface area (Å²) in [4.78, 5) is 4.22. The summed E-state index contributed by atoms with van der Waals surface area (Å²) in [5.74, 6) is 1.62. The molecule has 0 radical (unpaired) electrons. The van der Waals surface area contributed by atoms with Crippen molar-refractivity contribution >= 4 is 33.2 Å². The van der Waals surface area contributed by atoms with E-state index < -0.39 is 0 Å². The van der Waals surface area contributed by atoms with E-state index in [1.165, 1.54) is 5.56 Å². The van der Waals surface area contributed by atoms with E-state index in [1.54, 1.807) is 25.5 Å². The van der Waals surface area contributed by atoms with Gasteiger partial charge in [0.2, 0.25) is 0 Å². The maximum absolute atomic E-state index is 5.22. The first kappa shape index (κ1) is 15.9. The van der Waals surface area contributed by atoms with E-state index in [9.17, 15) is 0 Å². The molecule has 0 bridgehead atoms. The van der Waals surface area contributed by atoms with Crippen LogP contribution in [0.1, 0.15) is 11.1 Å². The minimum atomic E-state index is 0.700. The number of aliphatic imine (C=N–C) groups is 1. The number of ether oxygens (including phenoxy) is 1. The van der Waals surface area contributed by atoms with Crippen molar-refractivity contribution in [3.63, 3.8) is 0 Å². The Bertz CT molecular complexity index is 599. The highest BCUT2D eigenvalue weighted by molar-refractivity contribution is 9.10. The summed E-state index contributed by atoms with van der Waals surface area (Å²) < 4.78 is 6.17. The fourth-order valence-electron chi connectivity index (χ4n) is 1.81. The zero-order chi connectivity index (χ0) is 15.1. The van der Waals surface area contributed by atoms with Crippen molar-refractivity contribution < 1.29 is 4.74 Å². The minimum Gasteiger partial charge on any atom is -0.496 e. The molecule has 0 unspecified atom stereocenters. The van der Waals surface area contributed by atoms with Crippen LogP contribution in [0.15, 0.2) is 44.5 Å². The Morgan fingerprint density at radius 1 is 1.24 bits per heavy atom. The summed E-state index contributed by atoms with van der Waals surface area (Å²) in [6.45, 7) is 1.47. The first-order valence-electron chi connectivity index (χ1n) is 6.51. The average Bonchev–Trinajstić information content (AvgIpc) is 3.01. The monoisotopic (exact) mass is 367 g/mol. The molecular formula is C15H18BrN3OS. The van der Waals surface area contributed by atoms with Crippen molar-refractivity contribution in [1.82, 2.24) is 10.6 Å². The van der Waals surface area contributed by atoms with Crippen LogP contribution in [0.2, 0.25) is 0 Å². The number of methoxy groups -OCH3 is 1. The van der Waals surface area contributed by atoms with Gasteiger partial charge in [0.15, 0.2) is 5.96 Å². The van der Waals surface area contributed by atoms with Gasteiger partial charge in [-0.15, -0.1) is 0 Å². The van der Waals surface area contributed by atoms with Gasteiger partial charge in [0.05, 0.1) is 11.6 Å². The summed E-state index contributed by atoms with van der Waals surface area (Å²) in [5.41, 5.74) is 2.41. The molecule has 0 aliphatic heterocycles. The zero-order valence-corrected chi connectivity index (χ0v) is 14.4. The molecule has 2 rings (SSSR count). The van der Waals surface area contributed by atoms with Crippen LogP contribution in [-0.4, -0.2) is 20.1 Å².